The number of anilines is 1. The zero-order valence-electron chi connectivity index (χ0n) is 7.28. The van der Waals surface area contributed by atoms with E-state index in [1.54, 1.807) is 0 Å². The number of aliphatic imine (C=N–C) groups is 1. The second-order valence-electron chi connectivity index (χ2n) is 2.55. The number of nitrogens with two attached hydrogens (primary N) is 2. The first-order chi connectivity index (χ1) is 7.09. The van der Waals surface area contributed by atoms with Crippen molar-refractivity contribution in [2.45, 2.75) is 5.97 Å². The standard InChI is InChI=1S/C5H6N8O2/c6-4-10-2(11-12-4)3(14)15-5(7)8-1-9-13-5/h1H,7H2,(H3,6,10,11,12). The molecule has 2 heterocycles. The van der Waals surface area contributed by atoms with Crippen molar-refractivity contribution in [3.8, 4) is 0 Å². The Morgan fingerprint density at radius 2 is 2.40 bits per heavy atom. The van der Waals surface area contributed by atoms with E-state index in [9.17, 15) is 4.79 Å². The summed E-state index contributed by atoms with van der Waals surface area (Å²) in [6, 6.07) is 0. The molecule has 1 aliphatic heterocycles. The number of aromatic amines is 1. The van der Waals surface area contributed by atoms with Crippen molar-refractivity contribution < 1.29 is 9.53 Å². The molecule has 1 aromatic heterocycles. The first kappa shape index (κ1) is 9.21. The van der Waals surface area contributed by atoms with E-state index in [0.29, 0.717) is 0 Å². The third kappa shape index (κ3) is 1.78. The number of aromatic nitrogens is 3. The summed E-state index contributed by atoms with van der Waals surface area (Å²) in [5, 5.41) is 12.4. The minimum Gasteiger partial charge on any atom is -0.396 e. The summed E-state index contributed by atoms with van der Waals surface area (Å²) in [5.41, 5.74) is 10.6. The van der Waals surface area contributed by atoms with Crippen LogP contribution in [0.15, 0.2) is 15.2 Å². The number of azo groups is 1. The Labute approximate surface area is 82.4 Å². The van der Waals surface area contributed by atoms with Crippen LogP contribution < -0.4 is 11.5 Å². The fraction of sp³-hybridized carbons (Fsp3) is 0.200. The van der Waals surface area contributed by atoms with Crippen molar-refractivity contribution in [1.82, 2.24) is 15.2 Å². The number of nitrogens with one attached hydrogen (secondary N) is 1. The van der Waals surface area contributed by atoms with E-state index >= 15 is 0 Å². The Hall–Kier alpha value is -2.36. The summed E-state index contributed by atoms with van der Waals surface area (Å²) in [6.45, 7) is 0. The average molecular weight is 210 g/mol. The van der Waals surface area contributed by atoms with Gasteiger partial charge in [-0.1, -0.05) is 5.11 Å². The Morgan fingerprint density at radius 1 is 1.60 bits per heavy atom. The summed E-state index contributed by atoms with van der Waals surface area (Å²) in [7, 11) is 0. The predicted molar refractivity (Wildman–Crippen MR) is 46.5 cm³/mol. The van der Waals surface area contributed by atoms with Gasteiger partial charge >= 0.3 is 11.9 Å². The SMILES string of the molecule is Nc1n[nH]c(C(=O)OC2(N)N=CN=N2)n1. The average Bonchev–Trinajstić information content (AvgIpc) is 2.75. The maximum Gasteiger partial charge on any atom is 0.383 e. The first-order valence-corrected chi connectivity index (χ1v) is 3.75. The number of hydrogen-bond donors (Lipinski definition) is 3. The highest BCUT2D eigenvalue weighted by atomic mass is 16.6. The maximum atomic E-state index is 11.4. The summed E-state index contributed by atoms with van der Waals surface area (Å²) in [6.07, 6.45) is 1.07. The second kappa shape index (κ2) is 3.09. The van der Waals surface area contributed by atoms with Gasteiger partial charge < -0.3 is 10.5 Å². The minimum atomic E-state index is -1.82. The number of carbonyl (C=O) groups excluding carboxylic acids is 1. The lowest BCUT2D eigenvalue weighted by Gasteiger charge is -2.13. The highest BCUT2D eigenvalue weighted by molar-refractivity contribution is 5.85. The van der Waals surface area contributed by atoms with E-state index in [0.717, 1.165) is 6.34 Å². The molecule has 0 saturated heterocycles. The van der Waals surface area contributed by atoms with Gasteiger partial charge in [-0.25, -0.2) is 4.79 Å². The molecule has 0 aromatic carbocycles. The summed E-state index contributed by atoms with van der Waals surface area (Å²) in [5.74, 6) is -2.96. The Kier molecular flexibility index (Phi) is 1.90. The molecule has 10 heteroatoms. The van der Waals surface area contributed by atoms with Crippen LogP contribution in [0.5, 0.6) is 0 Å². The van der Waals surface area contributed by atoms with E-state index < -0.39 is 11.9 Å². The van der Waals surface area contributed by atoms with Crippen LogP contribution in [0.2, 0.25) is 0 Å². The highest BCUT2D eigenvalue weighted by Crippen LogP contribution is 2.13. The molecule has 0 spiro atoms. The van der Waals surface area contributed by atoms with Gasteiger partial charge in [0.25, 0.3) is 0 Å². The van der Waals surface area contributed by atoms with Gasteiger partial charge in [0.15, 0.2) is 0 Å². The summed E-state index contributed by atoms with van der Waals surface area (Å²) in [4.78, 5) is 18.4. The Balaban J connectivity index is 2.10. The molecule has 0 amide bonds. The molecular weight excluding hydrogens is 204 g/mol. The number of rotatable bonds is 2. The van der Waals surface area contributed by atoms with Crippen LogP contribution in [0.1, 0.15) is 10.6 Å². The van der Waals surface area contributed by atoms with Crippen LogP contribution in [0.3, 0.4) is 0 Å². The molecule has 5 N–H and O–H groups in total. The largest absolute Gasteiger partial charge is 0.396 e. The molecule has 1 unspecified atom stereocenters. The Morgan fingerprint density at radius 3 is 2.93 bits per heavy atom. The molecule has 0 fully saturated rings. The van der Waals surface area contributed by atoms with Crippen molar-refractivity contribution in [2.24, 2.45) is 21.0 Å². The predicted octanol–water partition coefficient (Wildman–Crippen LogP) is -1.39. The van der Waals surface area contributed by atoms with E-state index in [1.807, 2.05) is 0 Å². The van der Waals surface area contributed by atoms with E-state index in [1.165, 1.54) is 0 Å². The molecule has 0 saturated carbocycles. The molecule has 78 valence electrons. The second-order valence-corrected chi connectivity index (χ2v) is 2.55. The van der Waals surface area contributed by atoms with Gasteiger partial charge in [-0.05, 0) is 0 Å². The van der Waals surface area contributed by atoms with Crippen LogP contribution in [-0.2, 0) is 4.74 Å². The topological polar surface area (TPSA) is 157 Å². The third-order valence-corrected chi connectivity index (χ3v) is 1.43. The molecule has 1 atom stereocenters. The molecule has 15 heavy (non-hydrogen) atoms. The van der Waals surface area contributed by atoms with Crippen molar-refractivity contribution in [1.29, 1.82) is 0 Å². The van der Waals surface area contributed by atoms with E-state index in [4.69, 9.17) is 11.5 Å². The van der Waals surface area contributed by atoms with Crippen LogP contribution in [0, 0.1) is 0 Å². The number of nitrogens with zero attached hydrogens (tertiary/aromatic N) is 5. The molecular formula is C5H6N8O2. The van der Waals surface area contributed by atoms with Crippen molar-refractivity contribution in [2.75, 3.05) is 5.73 Å². The van der Waals surface area contributed by atoms with Crippen molar-refractivity contribution in [3.63, 3.8) is 0 Å². The molecule has 10 nitrogen and oxygen atoms in total. The van der Waals surface area contributed by atoms with Crippen molar-refractivity contribution >= 4 is 18.3 Å². The van der Waals surface area contributed by atoms with Crippen LogP contribution in [-0.4, -0.2) is 33.5 Å². The highest BCUT2D eigenvalue weighted by Gasteiger charge is 2.32. The fourth-order valence-electron chi connectivity index (χ4n) is 0.841. The van der Waals surface area contributed by atoms with E-state index in [2.05, 4.69) is 35.1 Å². The summed E-state index contributed by atoms with van der Waals surface area (Å²) < 4.78 is 4.69. The van der Waals surface area contributed by atoms with Gasteiger partial charge in [0.2, 0.25) is 11.8 Å². The van der Waals surface area contributed by atoms with Gasteiger partial charge in [0.1, 0.15) is 6.34 Å². The van der Waals surface area contributed by atoms with Gasteiger partial charge in [-0.3, -0.25) is 10.8 Å². The fourth-order valence-corrected chi connectivity index (χ4v) is 0.841. The molecule has 0 radical (unpaired) electrons. The molecule has 2 rings (SSSR count). The van der Waals surface area contributed by atoms with Gasteiger partial charge in [0.05, 0.1) is 0 Å². The van der Waals surface area contributed by atoms with Crippen LogP contribution in [0.25, 0.3) is 0 Å². The number of ether oxygens (including phenoxy) is 1. The monoisotopic (exact) mass is 210 g/mol. The van der Waals surface area contributed by atoms with E-state index in [-0.39, 0.29) is 11.8 Å². The molecule has 0 aliphatic carbocycles. The van der Waals surface area contributed by atoms with Gasteiger partial charge in [-0.15, -0.1) is 10.2 Å². The normalized spacial score (nSPS) is 23.3. The molecule has 1 aromatic rings. The van der Waals surface area contributed by atoms with Crippen LogP contribution in [0.4, 0.5) is 5.95 Å². The van der Waals surface area contributed by atoms with Crippen molar-refractivity contribution in [3.05, 3.63) is 5.82 Å². The smallest absolute Gasteiger partial charge is 0.383 e. The summed E-state index contributed by atoms with van der Waals surface area (Å²) >= 11 is 0. The minimum absolute atomic E-state index is 0.0791. The number of carbonyl (C=O) groups is 1. The number of hydrogen-bond acceptors (Lipinski definition) is 9. The van der Waals surface area contributed by atoms with Crippen LogP contribution >= 0.6 is 0 Å². The molecule has 0 bridgehead atoms. The maximum absolute atomic E-state index is 11.4. The zero-order valence-corrected chi connectivity index (χ0v) is 7.28. The lowest BCUT2D eigenvalue weighted by atomic mass is 10.6. The number of nitrogen functional groups attached to an aromatic ring is 1. The number of esters is 1. The lowest BCUT2D eigenvalue weighted by Crippen LogP contribution is -2.39. The first-order valence-electron chi connectivity index (χ1n) is 3.75. The molecule has 1 aliphatic rings. The quantitative estimate of drug-likeness (QED) is 0.402. The van der Waals surface area contributed by atoms with Gasteiger partial charge in [-0.2, -0.15) is 9.98 Å². The number of H-pyrrole nitrogens is 1. The Bertz CT molecular complexity index is 436. The lowest BCUT2D eigenvalue weighted by molar-refractivity contribution is -0.00844. The van der Waals surface area contributed by atoms with Gasteiger partial charge in [0, 0.05) is 0 Å². The third-order valence-electron chi connectivity index (χ3n) is 1.43. The zero-order chi connectivity index (χ0) is 10.9.